The second kappa shape index (κ2) is 20.6. The van der Waals surface area contributed by atoms with Crippen molar-refractivity contribution in [3.8, 4) is 17.2 Å². The number of carbonyl (C=O) groups excluding carboxylic acids is 6. The van der Waals surface area contributed by atoms with Crippen molar-refractivity contribution in [3.05, 3.63) is 89.5 Å². The zero-order valence-corrected chi connectivity index (χ0v) is 27.4. The first-order valence-electron chi connectivity index (χ1n) is 14.7. The Hall–Kier alpha value is -6.72. The summed E-state index contributed by atoms with van der Waals surface area (Å²) in [4.78, 5) is 99.5. The van der Waals surface area contributed by atoms with E-state index in [0.29, 0.717) is 0 Å². The highest BCUT2D eigenvalue weighted by Crippen LogP contribution is 2.21. The van der Waals surface area contributed by atoms with Gasteiger partial charge in [0.1, 0.15) is 33.9 Å². The lowest BCUT2D eigenvalue weighted by Crippen LogP contribution is -2.21. The van der Waals surface area contributed by atoms with Gasteiger partial charge in [-0.2, -0.15) is 14.4 Å². The molecular weight excluding hydrogens is 684 g/mol. The maximum atomic E-state index is 12.3. The molecule has 0 heterocycles. The molecule has 0 amide bonds. The van der Waals surface area contributed by atoms with Gasteiger partial charge in [-0.25, -0.2) is 43.7 Å². The normalized spacial score (nSPS) is 10.1. The predicted molar refractivity (Wildman–Crippen MR) is 165 cm³/mol. The molecule has 18 heteroatoms. The summed E-state index contributed by atoms with van der Waals surface area (Å²) in [5.41, 5.74) is -0.0574. The molecule has 0 aliphatic rings. The highest BCUT2D eigenvalue weighted by Gasteiger charge is 2.22. The molecule has 0 radical (unpaired) electrons. The molecule has 0 N–H and O–H groups in total. The molecule has 3 aromatic rings. The van der Waals surface area contributed by atoms with Crippen LogP contribution in [0.5, 0.6) is 17.2 Å². The van der Waals surface area contributed by atoms with Gasteiger partial charge in [0.2, 0.25) is 0 Å². The number of rotatable bonds is 14. The standard InChI is InChI=1S/C33H32O18/c1-40-25-13-7-4-10-22(25)28(34)46-49-31(37)43-18-16-21(20-45-33(39)51-48-30(36)24-12-6-9-15-27(24)42-3)17-19-44-32(38)50-47-29(35)23-11-5-8-14-26(23)41-2/h4-15,21H,16-20H2,1-3H3. The van der Waals surface area contributed by atoms with Gasteiger partial charge < -0.3 is 28.4 Å². The lowest BCUT2D eigenvalue weighted by atomic mass is 10.0. The lowest BCUT2D eigenvalue weighted by Gasteiger charge is -2.16. The fourth-order valence-electron chi connectivity index (χ4n) is 3.98. The summed E-state index contributed by atoms with van der Waals surface area (Å²) in [6.07, 6.45) is -4.24. The quantitative estimate of drug-likeness (QED) is 0.0909. The molecule has 0 aliphatic carbocycles. The number of hydrogen-bond donors (Lipinski definition) is 0. The molecule has 0 saturated heterocycles. The summed E-state index contributed by atoms with van der Waals surface area (Å²) >= 11 is 0. The minimum absolute atomic E-state index is 0.0152. The number of para-hydroxylation sites is 3. The van der Waals surface area contributed by atoms with Crippen molar-refractivity contribution in [2.45, 2.75) is 12.8 Å². The number of ether oxygens (including phenoxy) is 6. The molecule has 0 spiro atoms. The summed E-state index contributed by atoms with van der Waals surface area (Å²) in [5, 5.41) is 0. The Balaban J connectivity index is 1.49. The summed E-state index contributed by atoms with van der Waals surface area (Å²) in [6.45, 7) is -1.15. The molecule has 0 aliphatic heterocycles. The van der Waals surface area contributed by atoms with Crippen molar-refractivity contribution < 1.29 is 86.5 Å². The van der Waals surface area contributed by atoms with Gasteiger partial charge in [-0.15, -0.1) is 0 Å². The van der Waals surface area contributed by atoms with E-state index in [2.05, 4.69) is 29.3 Å². The van der Waals surface area contributed by atoms with Crippen molar-refractivity contribution in [2.75, 3.05) is 41.2 Å². The average Bonchev–Trinajstić information content (AvgIpc) is 3.16. The summed E-state index contributed by atoms with van der Waals surface area (Å²) in [7, 11) is 4.00. The molecule has 0 saturated carbocycles. The van der Waals surface area contributed by atoms with E-state index in [1.807, 2.05) is 0 Å². The van der Waals surface area contributed by atoms with Gasteiger partial charge in [-0.1, -0.05) is 36.4 Å². The van der Waals surface area contributed by atoms with Crippen LogP contribution in [0.1, 0.15) is 43.9 Å². The Morgan fingerprint density at radius 2 is 0.765 bits per heavy atom. The van der Waals surface area contributed by atoms with E-state index in [1.165, 1.54) is 75.9 Å². The molecule has 3 aromatic carbocycles. The summed E-state index contributed by atoms with van der Waals surface area (Å²) in [6, 6.07) is 18.1. The van der Waals surface area contributed by atoms with Crippen LogP contribution in [0.3, 0.4) is 0 Å². The fourth-order valence-corrected chi connectivity index (χ4v) is 3.98. The zero-order valence-electron chi connectivity index (χ0n) is 27.4. The molecule has 272 valence electrons. The van der Waals surface area contributed by atoms with Gasteiger partial charge >= 0.3 is 36.4 Å². The van der Waals surface area contributed by atoms with Crippen LogP contribution in [-0.2, 0) is 43.5 Å². The topological polar surface area (TPSA) is 213 Å². The Morgan fingerprint density at radius 1 is 0.451 bits per heavy atom. The molecule has 0 aromatic heterocycles. The minimum Gasteiger partial charge on any atom is -0.496 e. The molecule has 18 nitrogen and oxygen atoms in total. The summed E-state index contributed by atoms with van der Waals surface area (Å²) in [5.74, 6) is -3.28. The first kappa shape index (κ1) is 38.7. The van der Waals surface area contributed by atoms with E-state index < -0.39 is 48.9 Å². The Morgan fingerprint density at radius 3 is 1.10 bits per heavy atom. The predicted octanol–water partition coefficient (Wildman–Crippen LogP) is 5.18. The van der Waals surface area contributed by atoms with E-state index in [9.17, 15) is 28.8 Å². The van der Waals surface area contributed by atoms with Crippen LogP contribution in [0.15, 0.2) is 72.8 Å². The monoisotopic (exact) mass is 716 g/mol. The third kappa shape index (κ3) is 12.7. The first-order chi connectivity index (χ1) is 24.7. The highest BCUT2D eigenvalue weighted by atomic mass is 17.2. The number of methoxy groups -OCH3 is 3. The van der Waals surface area contributed by atoms with Gasteiger partial charge in [-0.05, 0) is 55.2 Å². The minimum atomic E-state index is -1.41. The van der Waals surface area contributed by atoms with Crippen molar-refractivity contribution in [2.24, 2.45) is 5.92 Å². The van der Waals surface area contributed by atoms with Crippen LogP contribution >= 0.6 is 0 Å². The molecule has 51 heavy (non-hydrogen) atoms. The number of carbonyl (C=O) groups is 6. The Bertz CT molecular complexity index is 1570. The Labute approximate surface area is 289 Å². The van der Waals surface area contributed by atoms with Crippen molar-refractivity contribution in [1.82, 2.24) is 0 Å². The van der Waals surface area contributed by atoms with Crippen LogP contribution in [0.4, 0.5) is 14.4 Å². The van der Waals surface area contributed by atoms with E-state index in [0.717, 1.165) is 0 Å². The largest absolute Gasteiger partial charge is 0.549 e. The number of hydrogen-bond acceptors (Lipinski definition) is 18. The fraction of sp³-hybridized carbons (Fsp3) is 0.273. The average molecular weight is 717 g/mol. The SMILES string of the molecule is COc1ccccc1C(=O)OOC(=O)OCCC(CCOC(=O)OOC(=O)c1ccccc1OC)COC(=O)OOC(=O)c1ccccc1OC. The van der Waals surface area contributed by atoms with Gasteiger partial charge in [0.25, 0.3) is 0 Å². The van der Waals surface area contributed by atoms with E-state index in [1.54, 1.807) is 18.2 Å². The molecule has 0 atom stereocenters. The second-order valence-electron chi connectivity index (χ2n) is 9.66. The van der Waals surface area contributed by atoms with Crippen molar-refractivity contribution in [3.63, 3.8) is 0 Å². The van der Waals surface area contributed by atoms with Crippen LogP contribution in [-0.4, -0.2) is 77.5 Å². The maximum Gasteiger partial charge on any atom is 0.549 e. The highest BCUT2D eigenvalue weighted by molar-refractivity contribution is 5.93. The lowest BCUT2D eigenvalue weighted by molar-refractivity contribution is -0.206. The number of benzene rings is 3. The van der Waals surface area contributed by atoms with Gasteiger partial charge in [-0.3, -0.25) is 0 Å². The second-order valence-corrected chi connectivity index (χ2v) is 9.66. The van der Waals surface area contributed by atoms with Crippen molar-refractivity contribution in [1.29, 1.82) is 0 Å². The van der Waals surface area contributed by atoms with E-state index in [-0.39, 0.29) is 60.0 Å². The van der Waals surface area contributed by atoms with Crippen molar-refractivity contribution >= 4 is 36.4 Å². The van der Waals surface area contributed by atoms with Crippen LogP contribution in [0.2, 0.25) is 0 Å². The molecular formula is C33H32O18. The third-order valence-electron chi connectivity index (χ3n) is 6.47. The van der Waals surface area contributed by atoms with E-state index in [4.69, 9.17) is 28.4 Å². The third-order valence-corrected chi connectivity index (χ3v) is 6.47. The summed E-state index contributed by atoms with van der Waals surface area (Å²) < 4.78 is 29.9. The van der Waals surface area contributed by atoms with Gasteiger partial charge in [0.15, 0.2) is 0 Å². The zero-order chi connectivity index (χ0) is 37.0. The van der Waals surface area contributed by atoms with Gasteiger partial charge in [0.05, 0.1) is 41.2 Å². The van der Waals surface area contributed by atoms with Crippen LogP contribution in [0, 0.1) is 5.92 Å². The van der Waals surface area contributed by atoms with Crippen LogP contribution < -0.4 is 14.2 Å². The molecule has 0 unspecified atom stereocenters. The van der Waals surface area contributed by atoms with Gasteiger partial charge in [0, 0.05) is 0 Å². The smallest absolute Gasteiger partial charge is 0.496 e. The first-order valence-corrected chi connectivity index (χ1v) is 14.7. The Kier molecular flexibility index (Phi) is 15.6. The molecule has 0 bridgehead atoms. The maximum absolute atomic E-state index is 12.3. The molecule has 0 fully saturated rings. The molecule has 3 rings (SSSR count). The van der Waals surface area contributed by atoms with Crippen LogP contribution in [0.25, 0.3) is 0 Å². The van der Waals surface area contributed by atoms with E-state index >= 15 is 0 Å².